The van der Waals surface area contributed by atoms with Crippen LogP contribution in [0.3, 0.4) is 0 Å². The molecule has 1 N–H and O–H groups in total. The van der Waals surface area contributed by atoms with Crippen molar-refractivity contribution in [3.63, 3.8) is 0 Å². The molecule has 1 fully saturated rings. The molecule has 1 atom stereocenters. The van der Waals surface area contributed by atoms with Crippen LogP contribution in [0.25, 0.3) is 0 Å². The molecular formula is C31H34N2O5. The zero-order chi connectivity index (χ0) is 27.3. The van der Waals surface area contributed by atoms with Crippen LogP contribution in [0.2, 0.25) is 0 Å². The van der Waals surface area contributed by atoms with Crippen molar-refractivity contribution >= 4 is 29.2 Å². The predicted octanol–water partition coefficient (Wildman–Crippen LogP) is 5.87. The van der Waals surface area contributed by atoms with E-state index in [4.69, 9.17) is 9.47 Å². The fourth-order valence-corrected chi connectivity index (χ4v) is 4.24. The van der Waals surface area contributed by atoms with Crippen molar-refractivity contribution in [2.24, 2.45) is 5.92 Å². The first-order valence-corrected chi connectivity index (χ1v) is 12.9. The molecule has 1 heterocycles. The van der Waals surface area contributed by atoms with Gasteiger partial charge in [0.05, 0.1) is 5.92 Å². The minimum Gasteiger partial charge on any atom is -0.457 e. The maximum absolute atomic E-state index is 12.6. The van der Waals surface area contributed by atoms with Gasteiger partial charge in [0.25, 0.3) is 5.91 Å². The SMILES string of the molecule is CCc1ccc(NC(=O)COC(=O)[C@@H]2CC(=O)N(c3ccc(Oc4ccc(C(C)(C)C)cc4)cc3)C2)cc1. The molecule has 3 aromatic carbocycles. The van der Waals surface area contributed by atoms with E-state index in [0.717, 1.165) is 17.7 Å². The van der Waals surface area contributed by atoms with E-state index in [-0.39, 0.29) is 24.3 Å². The van der Waals surface area contributed by atoms with Gasteiger partial charge in [-0.05, 0) is 71.5 Å². The van der Waals surface area contributed by atoms with Gasteiger partial charge < -0.3 is 19.7 Å². The van der Waals surface area contributed by atoms with Crippen molar-refractivity contribution in [2.75, 3.05) is 23.4 Å². The molecule has 0 saturated carbocycles. The van der Waals surface area contributed by atoms with Crippen LogP contribution in [0, 0.1) is 5.92 Å². The van der Waals surface area contributed by atoms with Gasteiger partial charge in [-0.1, -0.05) is 52.0 Å². The Kier molecular flexibility index (Phi) is 8.15. The van der Waals surface area contributed by atoms with Gasteiger partial charge in [0.15, 0.2) is 6.61 Å². The molecule has 198 valence electrons. The summed E-state index contributed by atoms with van der Waals surface area (Å²) < 4.78 is 11.1. The van der Waals surface area contributed by atoms with Gasteiger partial charge in [0.1, 0.15) is 11.5 Å². The van der Waals surface area contributed by atoms with Crippen LogP contribution >= 0.6 is 0 Å². The zero-order valence-electron chi connectivity index (χ0n) is 22.3. The summed E-state index contributed by atoms with van der Waals surface area (Å²) in [5.41, 5.74) is 3.77. The number of nitrogens with one attached hydrogen (secondary N) is 1. The van der Waals surface area contributed by atoms with Gasteiger partial charge in [0.2, 0.25) is 5.91 Å². The number of amides is 2. The molecule has 7 nitrogen and oxygen atoms in total. The van der Waals surface area contributed by atoms with Crippen LogP contribution < -0.4 is 15.0 Å². The van der Waals surface area contributed by atoms with Gasteiger partial charge in [0, 0.05) is 24.3 Å². The second kappa shape index (κ2) is 11.5. The van der Waals surface area contributed by atoms with Crippen LogP contribution in [0.15, 0.2) is 72.8 Å². The molecule has 0 bridgehead atoms. The Morgan fingerprint density at radius 3 is 2.11 bits per heavy atom. The lowest BCUT2D eigenvalue weighted by molar-refractivity contribution is -0.151. The third kappa shape index (κ3) is 6.79. The molecule has 1 saturated heterocycles. The van der Waals surface area contributed by atoms with E-state index in [1.807, 2.05) is 36.4 Å². The van der Waals surface area contributed by atoms with Gasteiger partial charge in [-0.25, -0.2) is 0 Å². The molecule has 4 rings (SSSR count). The van der Waals surface area contributed by atoms with Crippen molar-refractivity contribution < 1.29 is 23.9 Å². The minimum atomic E-state index is -0.628. The Hall–Kier alpha value is -4.13. The summed E-state index contributed by atoms with van der Waals surface area (Å²) in [6.45, 7) is 8.34. The highest BCUT2D eigenvalue weighted by atomic mass is 16.5. The first kappa shape index (κ1) is 26.9. The first-order chi connectivity index (χ1) is 18.1. The quantitative estimate of drug-likeness (QED) is 0.380. The average molecular weight is 515 g/mol. The second-order valence-electron chi connectivity index (χ2n) is 10.5. The molecule has 38 heavy (non-hydrogen) atoms. The third-order valence-electron chi connectivity index (χ3n) is 6.55. The summed E-state index contributed by atoms with van der Waals surface area (Å²) in [6, 6.07) is 22.7. The van der Waals surface area contributed by atoms with Crippen LogP contribution in [0.1, 0.15) is 45.2 Å². The number of ether oxygens (including phenoxy) is 2. The van der Waals surface area contributed by atoms with E-state index in [0.29, 0.717) is 17.1 Å². The topological polar surface area (TPSA) is 84.9 Å². The Bertz CT molecular complexity index is 1280. The fourth-order valence-electron chi connectivity index (χ4n) is 4.24. The highest BCUT2D eigenvalue weighted by Crippen LogP contribution is 2.30. The highest BCUT2D eigenvalue weighted by Gasteiger charge is 2.36. The highest BCUT2D eigenvalue weighted by molar-refractivity contribution is 6.00. The molecule has 2 amide bonds. The number of carbonyl (C=O) groups excluding carboxylic acids is 3. The number of nitrogens with zero attached hydrogens (tertiary/aromatic N) is 1. The normalized spacial score (nSPS) is 15.3. The number of rotatable bonds is 8. The van der Waals surface area contributed by atoms with Gasteiger partial charge in [-0.2, -0.15) is 0 Å². The molecule has 7 heteroatoms. The molecule has 0 unspecified atom stereocenters. The summed E-state index contributed by atoms with van der Waals surface area (Å²) >= 11 is 0. The molecule has 1 aliphatic heterocycles. The van der Waals surface area contributed by atoms with Crippen LogP contribution in [-0.2, 0) is 31.0 Å². The van der Waals surface area contributed by atoms with Crippen molar-refractivity contribution in [3.05, 3.63) is 83.9 Å². The Labute approximate surface area is 223 Å². The number of carbonyl (C=O) groups is 3. The molecular weight excluding hydrogens is 480 g/mol. The van der Waals surface area contributed by atoms with E-state index in [1.54, 1.807) is 29.2 Å². The number of hydrogen-bond acceptors (Lipinski definition) is 5. The minimum absolute atomic E-state index is 0.0390. The van der Waals surface area contributed by atoms with E-state index < -0.39 is 24.4 Å². The van der Waals surface area contributed by atoms with Crippen LogP contribution in [-0.4, -0.2) is 30.9 Å². The lowest BCUT2D eigenvalue weighted by Gasteiger charge is -2.19. The largest absolute Gasteiger partial charge is 0.457 e. The van der Waals surface area contributed by atoms with Gasteiger partial charge in [-0.15, -0.1) is 0 Å². The number of hydrogen-bond donors (Lipinski definition) is 1. The molecule has 0 aliphatic carbocycles. The molecule has 0 spiro atoms. The maximum atomic E-state index is 12.6. The van der Waals surface area contributed by atoms with Crippen molar-refractivity contribution in [2.45, 2.75) is 46.0 Å². The van der Waals surface area contributed by atoms with Crippen LogP contribution in [0.4, 0.5) is 11.4 Å². The van der Waals surface area contributed by atoms with Crippen LogP contribution in [0.5, 0.6) is 11.5 Å². The predicted molar refractivity (Wildman–Crippen MR) is 148 cm³/mol. The number of anilines is 2. The smallest absolute Gasteiger partial charge is 0.311 e. The Morgan fingerprint density at radius 2 is 1.53 bits per heavy atom. The summed E-state index contributed by atoms with van der Waals surface area (Å²) in [5.74, 6) is -0.401. The summed E-state index contributed by atoms with van der Waals surface area (Å²) in [4.78, 5) is 38.9. The lowest BCUT2D eigenvalue weighted by Crippen LogP contribution is -2.28. The van der Waals surface area contributed by atoms with E-state index >= 15 is 0 Å². The third-order valence-corrected chi connectivity index (χ3v) is 6.55. The average Bonchev–Trinajstić information content (AvgIpc) is 3.29. The standard InChI is InChI=1S/C31H34N2O5/c1-5-21-6-10-24(11-7-21)32-28(34)20-37-30(36)22-18-29(35)33(19-22)25-12-16-27(17-13-25)38-26-14-8-23(9-15-26)31(2,3)4/h6-17,22H,5,18-20H2,1-4H3,(H,32,34)/t22-/m1/s1. The molecule has 1 aliphatic rings. The van der Waals surface area contributed by atoms with Gasteiger partial charge in [-0.3, -0.25) is 14.4 Å². The van der Waals surface area contributed by atoms with Crippen molar-refractivity contribution in [1.29, 1.82) is 0 Å². The summed E-state index contributed by atoms with van der Waals surface area (Å²) in [6.07, 6.45) is 0.949. The second-order valence-corrected chi connectivity index (χ2v) is 10.5. The Balaban J connectivity index is 1.28. The molecule has 3 aromatic rings. The lowest BCUT2D eigenvalue weighted by atomic mass is 9.87. The van der Waals surface area contributed by atoms with Gasteiger partial charge >= 0.3 is 5.97 Å². The molecule has 0 radical (unpaired) electrons. The first-order valence-electron chi connectivity index (χ1n) is 12.9. The van der Waals surface area contributed by atoms with Crippen molar-refractivity contribution in [3.8, 4) is 11.5 Å². The summed E-state index contributed by atoms with van der Waals surface area (Å²) in [5, 5.41) is 2.71. The number of esters is 1. The zero-order valence-corrected chi connectivity index (χ0v) is 22.3. The number of aryl methyl sites for hydroxylation is 1. The van der Waals surface area contributed by atoms with E-state index in [9.17, 15) is 14.4 Å². The van der Waals surface area contributed by atoms with E-state index in [2.05, 4.69) is 45.1 Å². The monoisotopic (exact) mass is 514 g/mol. The fraction of sp³-hybridized carbons (Fsp3) is 0.323. The Morgan fingerprint density at radius 1 is 0.921 bits per heavy atom. The maximum Gasteiger partial charge on any atom is 0.311 e. The van der Waals surface area contributed by atoms with Crippen molar-refractivity contribution in [1.82, 2.24) is 0 Å². The van der Waals surface area contributed by atoms with E-state index in [1.165, 1.54) is 5.56 Å². The molecule has 0 aromatic heterocycles. The number of benzene rings is 3. The summed E-state index contributed by atoms with van der Waals surface area (Å²) in [7, 11) is 0.